The molecule has 5 rings (SSSR count). The summed E-state index contributed by atoms with van der Waals surface area (Å²) in [5.41, 5.74) is 10.2. The van der Waals surface area contributed by atoms with Gasteiger partial charge in [0.15, 0.2) is 0 Å². The van der Waals surface area contributed by atoms with E-state index in [0.29, 0.717) is 19.6 Å². The van der Waals surface area contributed by atoms with Gasteiger partial charge >= 0.3 is 0 Å². The van der Waals surface area contributed by atoms with E-state index in [2.05, 4.69) is 15.6 Å². The number of halogens is 3. The minimum Gasteiger partial charge on any atom is -0.346 e. The zero-order valence-electron chi connectivity index (χ0n) is 20.0. The predicted molar refractivity (Wildman–Crippen MR) is 147 cm³/mol. The maximum atomic E-state index is 14.5. The van der Waals surface area contributed by atoms with Crippen molar-refractivity contribution in [3.8, 4) is 0 Å². The Kier molecular flexibility index (Phi) is 9.49. The van der Waals surface area contributed by atoms with Gasteiger partial charge in [0, 0.05) is 61.6 Å². The second-order valence-corrected chi connectivity index (χ2v) is 8.95. The van der Waals surface area contributed by atoms with Crippen LogP contribution in [0.1, 0.15) is 45.9 Å². The van der Waals surface area contributed by atoms with Crippen molar-refractivity contribution in [3.63, 3.8) is 0 Å². The molecular weight excluding hydrogens is 498 g/mol. The van der Waals surface area contributed by atoms with Gasteiger partial charge in [0.1, 0.15) is 5.82 Å². The number of pyridine rings is 1. The van der Waals surface area contributed by atoms with Gasteiger partial charge in [-0.2, -0.15) is 0 Å². The molecule has 5 nitrogen and oxygen atoms in total. The summed E-state index contributed by atoms with van der Waals surface area (Å²) in [4.78, 5) is 19.8. The van der Waals surface area contributed by atoms with Crippen LogP contribution in [0.2, 0.25) is 0 Å². The maximum Gasteiger partial charge on any atom is 0.256 e. The van der Waals surface area contributed by atoms with Gasteiger partial charge in [-0.05, 0) is 54.2 Å². The monoisotopic (exact) mass is 528 g/mol. The molecule has 0 aliphatic carbocycles. The molecule has 190 valence electrons. The molecule has 3 heterocycles. The summed E-state index contributed by atoms with van der Waals surface area (Å²) in [6, 6.07) is 19.1. The molecular formula is C28H31Cl2FN4O. The lowest BCUT2D eigenvalue weighted by Crippen LogP contribution is -2.38. The highest BCUT2D eigenvalue weighted by atomic mass is 35.5. The molecule has 0 atom stereocenters. The predicted octanol–water partition coefficient (Wildman–Crippen LogP) is 5.74. The van der Waals surface area contributed by atoms with Crippen LogP contribution in [0.3, 0.4) is 0 Å². The van der Waals surface area contributed by atoms with Gasteiger partial charge in [-0.1, -0.05) is 36.4 Å². The number of aryl methyl sites for hydroxylation is 2. The third kappa shape index (κ3) is 5.72. The van der Waals surface area contributed by atoms with Crippen molar-refractivity contribution >= 4 is 41.6 Å². The summed E-state index contributed by atoms with van der Waals surface area (Å²) in [6.07, 6.45) is 6.07. The van der Waals surface area contributed by atoms with Gasteiger partial charge in [-0.15, -0.1) is 24.8 Å². The first-order valence-corrected chi connectivity index (χ1v) is 11.9. The first kappa shape index (κ1) is 27.7. The Labute approximate surface area is 223 Å². The van der Waals surface area contributed by atoms with Crippen molar-refractivity contribution in [1.82, 2.24) is 14.5 Å². The molecule has 0 spiro atoms. The van der Waals surface area contributed by atoms with E-state index in [1.807, 2.05) is 53.6 Å². The number of rotatable bonds is 6. The second kappa shape index (κ2) is 12.3. The third-order valence-corrected chi connectivity index (χ3v) is 6.87. The Morgan fingerprint density at radius 1 is 1.03 bits per heavy atom. The van der Waals surface area contributed by atoms with Gasteiger partial charge in [0.25, 0.3) is 5.91 Å². The molecule has 2 aromatic heterocycles. The molecule has 36 heavy (non-hydrogen) atoms. The summed E-state index contributed by atoms with van der Waals surface area (Å²) in [6.45, 7) is 2.38. The molecule has 2 N–H and O–H groups in total. The Balaban J connectivity index is 0.00000180. The summed E-state index contributed by atoms with van der Waals surface area (Å²) in [5.74, 6) is -0.0318. The molecule has 0 unspecified atom stereocenters. The Morgan fingerprint density at radius 3 is 2.50 bits per heavy atom. The molecule has 2 aromatic carbocycles. The summed E-state index contributed by atoms with van der Waals surface area (Å²) >= 11 is 0. The van der Waals surface area contributed by atoms with Gasteiger partial charge in [0.05, 0.1) is 5.56 Å². The fourth-order valence-electron chi connectivity index (χ4n) is 4.98. The van der Waals surface area contributed by atoms with Crippen molar-refractivity contribution in [2.75, 3.05) is 13.1 Å². The number of carbonyl (C=O) groups excluding carboxylic acids is 1. The minimum absolute atomic E-state index is 0. The van der Waals surface area contributed by atoms with Crippen LogP contribution in [0, 0.1) is 5.82 Å². The number of para-hydroxylation sites is 1. The Hall–Kier alpha value is -2.93. The number of benzene rings is 2. The number of nitrogens with zero attached hydrogens (tertiary/aromatic N) is 3. The fourth-order valence-corrected chi connectivity index (χ4v) is 4.98. The summed E-state index contributed by atoms with van der Waals surface area (Å²) in [7, 11) is 0. The molecule has 1 saturated heterocycles. The van der Waals surface area contributed by atoms with Crippen LogP contribution in [0.5, 0.6) is 0 Å². The number of fused-ring (bicyclic) bond motifs is 1. The number of hydrogen-bond donors (Lipinski definition) is 1. The fraction of sp³-hybridized carbons (Fsp3) is 0.286. The molecule has 0 radical (unpaired) electrons. The number of nitrogens with two attached hydrogens (primary N) is 1. The van der Waals surface area contributed by atoms with E-state index < -0.39 is 0 Å². The van der Waals surface area contributed by atoms with Crippen LogP contribution in [-0.2, 0) is 19.5 Å². The molecule has 1 fully saturated rings. The standard InChI is InChI=1S/C28H29FN4O.2ClH/c29-26-9-8-20(18-30)17-24(26)21-10-14-32(15-11-21)28(34)25-19-33(27-7-2-1-6-23(25)27)16-12-22-5-3-4-13-31-22;;/h1-9,13,17,19,21H,10-12,14-16,18,30H2;2*1H. The highest BCUT2D eigenvalue weighted by Gasteiger charge is 2.28. The Bertz CT molecular complexity index is 1300. The minimum atomic E-state index is -0.182. The summed E-state index contributed by atoms with van der Waals surface area (Å²) in [5, 5.41) is 0.970. The van der Waals surface area contributed by atoms with E-state index in [1.54, 1.807) is 12.3 Å². The van der Waals surface area contributed by atoms with E-state index in [4.69, 9.17) is 5.73 Å². The van der Waals surface area contributed by atoms with Crippen molar-refractivity contribution in [3.05, 3.63) is 101 Å². The van der Waals surface area contributed by atoms with E-state index in [9.17, 15) is 9.18 Å². The van der Waals surface area contributed by atoms with Gasteiger partial charge in [-0.3, -0.25) is 9.78 Å². The van der Waals surface area contributed by atoms with E-state index in [0.717, 1.165) is 59.1 Å². The van der Waals surface area contributed by atoms with Crippen molar-refractivity contribution in [1.29, 1.82) is 0 Å². The second-order valence-electron chi connectivity index (χ2n) is 8.95. The van der Waals surface area contributed by atoms with Crippen molar-refractivity contribution in [2.24, 2.45) is 5.73 Å². The molecule has 0 saturated carbocycles. The number of piperidine rings is 1. The van der Waals surface area contributed by atoms with Crippen LogP contribution < -0.4 is 5.73 Å². The number of amides is 1. The van der Waals surface area contributed by atoms with Gasteiger partial charge in [-0.25, -0.2) is 4.39 Å². The average Bonchev–Trinajstić information content (AvgIpc) is 3.27. The number of aromatic nitrogens is 2. The first-order chi connectivity index (χ1) is 16.6. The number of hydrogen-bond acceptors (Lipinski definition) is 3. The average molecular weight is 529 g/mol. The summed E-state index contributed by atoms with van der Waals surface area (Å²) < 4.78 is 16.6. The lowest BCUT2D eigenvalue weighted by atomic mass is 9.88. The normalized spacial score (nSPS) is 13.8. The lowest BCUT2D eigenvalue weighted by molar-refractivity contribution is 0.0714. The van der Waals surface area contributed by atoms with E-state index in [1.165, 1.54) is 6.07 Å². The van der Waals surface area contributed by atoms with Crippen molar-refractivity contribution in [2.45, 2.75) is 38.3 Å². The van der Waals surface area contributed by atoms with Crippen LogP contribution >= 0.6 is 24.8 Å². The number of likely N-dealkylation sites (tertiary alicyclic amines) is 1. The first-order valence-electron chi connectivity index (χ1n) is 11.9. The molecule has 8 heteroatoms. The SMILES string of the molecule is Cl.Cl.NCc1ccc(F)c(C2CCN(C(=O)c3cn(CCc4ccccn4)c4ccccc34)CC2)c1. The quantitative estimate of drug-likeness (QED) is 0.347. The van der Waals surface area contributed by atoms with Crippen LogP contribution in [0.15, 0.2) is 73.1 Å². The molecule has 0 bridgehead atoms. The van der Waals surface area contributed by atoms with E-state index >= 15 is 0 Å². The number of carbonyl (C=O) groups is 1. The van der Waals surface area contributed by atoms with Gasteiger partial charge in [0.2, 0.25) is 0 Å². The van der Waals surface area contributed by atoms with Crippen LogP contribution in [-0.4, -0.2) is 33.4 Å². The third-order valence-electron chi connectivity index (χ3n) is 6.87. The van der Waals surface area contributed by atoms with Gasteiger partial charge < -0.3 is 15.2 Å². The zero-order chi connectivity index (χ0) is 23.5. The van der Waals surface area contributed by atoms with Crippen molar-refractivity contribution < 1.29 is 9.18 Å². The maximum absolute atomic E-state index is 14.5. The smallest absolute Gasteiger partial charge is 0.256 e. The van der Waals surface area contributed by atoms with Crippen LogP contribution in [0.25, 0.3) is 10.9 Å². The molecule has 1 amide bonds. The van der Waals surface area contributed by atoms with E-state index in [-0.39, 0.29) is 42.5 Å². The highest BCUT2D eigenvalue weighted by Crippen LogP contribution is 2.32. The molecule has 4 aromatic rings. The van der Waals surface area contributed by atoms with Crippen LogP contribution in [0.4, 0.5) is 4.39 Å². The Morgan fingerprint density at radius 2 is 1.78 bits per heavy atom. The topological polar surface area (TPSA) is 64.2 Å². The molecule has 1 aliphatic heterocycles. The highest BCUT2D eigenvalue weighted by molar-refractivity contribution is 6.07. The molecule has 1 aliphatic rings. The lowest BCUT2D eigenvalue weighted by Gasteiger charge is -2.32. The largest absolute Gasteiger partial charge is 0.346 e. The zero-order valence-corrected chi connectivity index (χ0v) is 21.6.